The van der Waals surface area contributed by atoms with E-state index in [4.69, 9.17) is 14.2 Å². The molecule has 4 fully saturated rings. The molecule has 0 unspecified atom stereocenters. The first-order chi connectivity index (χ1) is 19.9. The van der Waals surface area contributed by atoms with E-state index >= 15 is 0 Å². The maximum atomic E-state index is 12.3. The van der Waals surface area contributed by atoms with Gasteiger partial charge in [0.2, 0.25) is 5.91 Å². The van der Waals surface area contributed by atoms with E-state index < -0.39 is 5.79 Å². The molecule has 5 aliphatic rings. The molecule has 230 valence electrons. The van der Waals surface area contributed by atoms with Gasteiger partial charge in [-0.25, -0.2) is 4.68 Å². The second-order valence-corrected chi connectivity index (χ2v) is 14.7. The number of azide groups is 1. The highest BCUT2D eigenvalue weighted by molar-refractivity contribution is 5.76. The second-order valence-electron chi connectivity index (χ2n) is 14.7. The third kappa shape index (κ3) is 4.51. The van der Waals surface area contributed by atoms with Crippen molar-refractivity contribution in [3.05, 3.63) is 27.9 Å². The third-order valence-electron chi connectivity index (χ3n) is 12.6. The summed E-state index contributed by atoms with van der Waals surface area (Å²) >= 11 is 0. The zero-order chi connectivity index (χ0) is 30.0. The molecule has 0 aromatic carbocycles. The van der Waals surface area contributed by atoms with Crippen LogP contribution in [0.1, 0.15) is 89.7 Å². The minimum atomic E-state index is -0.468. The molecule has 1 aromatic rings. The van der Waals surface area contributed by atoms with Crippen molar-refractivity contribution < 1.29 is 23.8 Å². The van der Waals surface area contributed by atoms with Crippen molar-refractivity contribution in [1.82, 2.24) is 9.78 Å². The lowest BCUT2D eigenvalue weighted by atomic mass is 9.48. The summed E-state index contributed by atoms with van der Waals surface area (Å²) in [6.45, 7) is 13.9. The van der Waals surface area contributed by atoms with Gasteiger partial charge in [0.05, 0.1) is 31.2 Å². The van der Waals surface area contributed by atoms with E-state index in [2.05, 4.69) is 42.8 Å². The molecule has 2 aliphatic heterocycles. The first kappa shape index (κ1) is 29.6. The lowest BCUT2D eigenvalue weighted by molar-refractivity contribution is -0.272. The molecule has 0 bridgehead atoms. The maximum Gasteiger partial charge on any atom is 0.302 e. The standard InChI is InChI=1S/C32H47N5O5/c1-18-7-10-32(41-16-18)19(2)29-28(42-32)12-26-24(15-34-36-33)25(8-9-30(26,29)5)31(6)13-22-14-35-37(20(3)38)27(22)11-23(31)17-40-21(4)39/h14,18-19,23-26,28-29H,7-13,15-17H2,1-6H3/t18-,19+,23-,24-,25+,26+,28+,29+,30+,31+,32-/m1/s1. The van der Waals surface area contributed by atoms with E-state index in [0.717, 1.165) is 56.4 Å². The normalized spacial score (nSPS) is 44.1. The summed E-state index contributed by atoms with van der Waals surface area (Å²) in [7, 11) is 0. The molecule has 6 rings (SSSR count). The van der Waals surface area contributed by atoms with E-state index in [1.807, 2.05) is 6.20 Å². The third-order valence-corrected chi connectivity index (χ3v) is 12.6. The number of carbonyl (C=O) groups excluding carboxylic acids is 2. The van der Waals surface area contributed by atoms with Crippen LogP contribution in [0.5, 0.6) is 0 Å². The molecule has 10 heteroatoms. The Labute approximate surface area is 248 Å². The fourth-order valence-corrected chi connectivity index (χ4v) is 10.5. The van der Waals surface area contributed by atoms with Gasteiger partial charge in [-0.05, 0) is 90.0 Å². The van der Waals surface area contributed by atoms with E-state index in [-0.39, 0.29) is 46.6 Å². The predicted molar refractivity (Wildman–Crippen MR) is 155 cm³/mol. The van der Waals surface area contributed by atoms with Gasteiger partial charge in [0, 0.05) is 43.6 Å². The topological polar surface area (TPSA) is 128 Å². The van der Waals surface area contributed by atoms with Crippen molar-refractivity contribution in [2.45, 2.75) is 98.4 Å². The molecule has 3 heterocycles. The number of hydrogen-bond donors (Lipinski definition) is 0. The summed E-state index contributed by atoms with van der Waals surface area (Å²) in [5.41, 5.74) is 11.3. The average molecular weight is 582 g/mol. The number of nitrogens with zero attached hydrogens (tertiary/aromatic N) is 5. The van der Waals surface area contributed by atoms with Crippen LogP contribution in [0, 0.1) is 52.3 Å². The first-order valence-corrected chi connectivity index (χ1v) is 16.0. The van der Waals surface area contributed by atoms with Crippen LogP contribution in [-0.2, 0) is 31.8 Å². The zero-order valence-electron chi connectivity index (χ0n) is 26.0. The SMILES string of the molecule is CC(=O)OC[C@H]1Cc2c(cnn2C(C)=O)C[C@]1(C)[C@H]1CC[C@]2(C)[C@@H]3[C@H](C[C@H]2[C@@H]1CN=[N+]=[N-])O[C@]1(CC[C@@H](C)CO1)[C@H]3C. The van der Waals surface area contributed by atoms with Gasteiger partial charge in [-0.2, -0.15) is 5.10 Å². The predicted octanol–water partition coefficient (Wildman–Crippen LogP) is 5.98. The maximum absolute atomic E-state index is 12.3. The number of rotatable bonds is 5. The van der Waals surface area contributed by atoms with Gasteiger partial charge >= 0.3 is 5.97 Å². The monoisotopic (exact) mass is 581 g/mol. The summed E-state index contributed by atoms with van der Waals surface area (Å²) in [5, 5.41) is 8.64. The van der Waals surface area contributed by atoms with Crippen LogP contribution in [0.25, 0.3) is 10.4 Å². The van der Waals surface area contributed by atoms with Crippen LogP contribution in [0.4, 0.5) is 0 Å². The molecule has 11 atom stereocenters. The van der Waals surface area contributed by atoms with Crippen LogP contribution in [0.2, 0.25) is 0 Å². The van der Waals surface area contributed by atoms with E-state index in [9.17, 15) is 15.1 Å². The van der Waals surface area contributed by atoms with Crippen molar-refractivity contribution >= 4 is 11.9 Å². The highest BCUT2D eigenvalue weighted by Gasteiger charge is 2.68. The highest BCUT2D eigenvalue weighted by atomic mass is 16.7. The molecule has 2 saturated heterocycles. The number of hydrogen-bond acceptors (Lipinski definition) is 7. The van der Waals surface area contributed by atoms with Crippen LogP contribution in [-0.4, -0.2) is 53.3 Å². The molecule has 2 saturated carbocycles. The van der Waals surface area contributed by atoms with Crippen molar-refractivity contribution in [3.63, 3.8) is 0 Å². The second kappa shape index (κ2) is 10.6. The Morgan fingerprint density at radius 2 is 1.98 bits per heavy atom. The first-order valence-electron chi connectivity index (χ1n) is 16.0. The van der Waals surface area contributed by atoms with Crippen molar-refractivity contribution in [2.24, 2.45) is 57.4 Å². The summed E-state index contributed by atoms with van der Waals surface area (Å²) in [5.74, 6) is 1.21. The van der Waals surface area contributed by atoms with Gasteiger partial charge in [0.1, 0.15) is 0 Å². The smallest absolute Gasteiger partial charge is 0.302 e. The van der Waals surface area contributed by atoms with Crippen molar-refractivity contribution in [3.8, 4) is 0 Å². The number of aromatic nitrogens is 2. The van der Waals surface area contributed by atoms with Crippen LogP contribution >= 0.6 is 0 Å². The average Bonchev–Trinajstić information content (AvgIpc) is 3.56. The summed E-state index contributed by atoms with van der Waals surface area (Å²) in [4.78, 5) is 27.5. The zero-order valence-corrected chi connectivity index (χ0v) is 26.0. The Morgan fingerprint density at radius 3 is 2.64 bits per heavy atom. The lowest BCUT2D eigenvalue weighted by Crippen LogP contribution is -2.54. The Balaban J connectivity index is 1.33. The van der Waals surface area contributed by atoms with E-state index in [1.165, 1.54) is 18.5 Å². The molecular weight excluding hydrogens is 534 g/mol. The van der Waals surface area contributed by atoms with Crippen LogP contribution < -0.4 is 0 Å². The summed E-state index contributed by atoms with van der Waals surface area (Å²) in [6.07, 6.45) is 8.47. The Bertz CT molecular complexity index is 1280. The highest BCUT2D eigenvalue weighted by Crippen LogP contribution is 2.69. The van der Waals surface area contributed by atoms with Crippen LogP contribution in [0.3, 0.4) is 0 Å². The van der Waals surface area contributed by atoms with Gasteiger partial charge in [-0.15, -0.1) is 0 Å². The quantitative estimate of drug-likeness (QED) is 0.182. The molecule has 10 nitrogen and oxygen atoms in total. The Morgan fingerprint density at radius 1 is 1.19 bits per heavy atom. The molecule has 3 aliphatic carbocycles. The summed E-state index contributed by atoms with van der Waals surface area (Å²) < 4.78 is 20.6. The Kier molecular flexibility index (Phi) is 7.51. The molecule has 42 heavy (non-hydrogen) atoms. The summed E-state index contributed by atoms with van der Waals surface area (Å²) in [6, 6.07) is 0. The number of carbonyl (C=O) groups is 2. The van der Waals surface area contributed by atoms with Gasteiger partial charge in [0.25, 0.3) is 0 Å². The minimum Gasteiger partial charge on any atom is -0.466 e. The molecule has 0 radical (unpaired) electrons. The number of esters is 1. The van der Waals surface area contributed by atoms with Gasteiger partial charge in [0.15, 0.2) is 5.79 Å². The molecule has 1 aromatic heterocycles. The lowest BCUT2D eigenvalue weighted by Gasteiger charge is -2.57. The van der Waals surface area contributed by atoms with Gasteiger partial charge in [-0.1, -0.05) is 32.8 Å². The fraction of sp³-hybridized carbons (Fsp3) is 0.844. The molecular formula is C32H47N5O5. The largest absolute Gasteiger partial charge is 0.466 e. The molecule has 0 amide bonds. The van der Waals surface area contributed by atoms with E-state index in [1.54, 1.807) is 0 Å². The number of ether oxygens (including phenoxy) is 3. The van der Waals surface area contributed by atoms with Crippen molar-refractivity contribution in [2.75, 3.05) is 19.8 Å². The Hall–Kier alpha value is -2.42. The van der Waals surface area contributed by atoms with E-state index in [0.29, 0.717) is 43.2 Å². The molecule has 1 spiro atoms. The fourth-order valence-electron chi connectivity index (χ4n) is 10.5. The van der Waals surface area contributed by atoms with Gasteiger partial charge < -0.3 is 14.2 Å². The van der Waals surface area contributed by atoms with Crippen molar-refractivity contribution in [1.29, 1.82) is 0 Å². The molecule has 0 N–H and O–H groups in total. The van der Waals surface area contributed by atoms with Gasteiger partial charge in [-0.3, -0.25) is 9.59 Å². The number of fused-ring (bicyclic) bond motifs is 4. The minimum absolute atomic E-state index is 0.0172. The van der Waals surface area contributed by atoms with Crippen LogP contribution in [0.15, 0.2) is 11.3 Å².